The molecule has 0 aromatic heterocycles. The molecule has 0 fully saturated rings. The molecule has 2 rings (SSSR count). The lowest BCUT2D eigenvalue weighted by atomic mass is 10.1. The van der Waals surface area contributed by atoms with Gasteiger partial charge in [-0.05, 0) is 32.2 Å². The molecule has 1 aromatic carbocycles. The van der Waals surface area contributed by atoms with Gasteiger partial charge in [-0.25, -0.2) is 9.79 Å². The SMILES string of the molecule is CSCC(C)(C)/N=C1/OC(=O)c2ccccc21. The van der Waals surface area contributed by atoms with E-state index in [1.165, 1.54) is 0 Å². The first kappa shape index (κ1) is 12.2. The number of carbonyl (C=O) groups is 1. The Morgan fingerprint density at radius 1 is 1.29 bits per heavy atom. The molecule has 0 bridgehead atoms. The van der Waals surface area contributed by atoms with Gasteiger partial charge in [0.2, 0.25) is 5.90 Å². The summed E-state index contributed by atoms with van der Waals surface area (Å²) in [5, 5.41) is 0. The van der Waals surface area contributed by atoms with E-state index < -0.39 is 0 Å². The molecule has 0 N–H and O–H groups in total. The zero-order valence-electron chi connectivity index (χ0n) is 10.2. The highest BCUT2D eigenvalue weighted by Crippen LogP contribution is 2.24. The van der Waals surface area contributed by atoms with Crippen molar-refractivity contribution in [3.05, 3.63) is 35.4 Å². The van der Waals surface area contributed by atoms with Gasteiger partial charge in [0.05, 0.1) is 16.7 Å². The van der Waals surface area contributed by atoms with Crippen molar-refractivity contribution in [2.45, 2.75) is 19.4 Å². The Morgan fingerprint density at radius 3 is 2.59 bits per heavy atom. The van der Waals surface area contributed by atoms with Crippen molar-refractivity contribution in [1.82, 2.24) is 0 Å². The summed E-state index contributed by atoms with van der Waals surface area (Å²) in [6.45, 7) is 4.07. The van der Waals surface area contributed by atoms with Crippen molar-refractivity contribution >= 4 is 23.6 Å². The van der Waals surface area contributed by atoms with Crippen molar-refractivity contribution in [1.29, 1.82) is 0 Å². The van der Waals surface area contributed by atoms with Crippen LogP contribution in [0.4, 0.5) is 0 Å². The molecule has 0 aliphatic carbocycles. The number of aliphatic imine (C=N–C) groups is 1. The number of thioether (sulfide) groups is 1. The Morgan fingerprint density at radius 2 is 1.94 bits per heavy atom. The van der Waals surface area contributed by atoms with Gasteiger partial charge < -0.3 is 4.74 Å². The van der Waals surface area contributed by atoms with E-state index in [0.29, 0.717) is 11.5 Å². The Bertz CT molecular complexity index is 480. The number of esters is 1. The van der Waals surface area contributed by atoms with Crippen LogP contribution in [0.5, 0.6) is 0 Å². The maximum atomic E-state index is 11.6. The second-order valence-electron chi connectivity index (χ2n) is 4.60. The largest absolute Gasteiger partial charge is 0.404 e. The maximum Gasteiger partial charge on any atom is 0.345 e. The molecule has 1 aliphatic rings. The van der Waals surface area contributed by atoms with Crippen LogP contribution in [0, 0.1) is 0 Å². The van der Waals surface area contributed by atoms with Gasteiger partial charge in [-0.1, -0.05) is 12.1 Å². The highest BCUT2D eigenvalue weighted by Gasteiger charge is 2.29. The first-order chi connectivity index (χ1) is 8.03. The van der Waals surface area contributed by atoms with Crippen LogP contribution in [0.1, 0.15) is 29.8 Å². The molecular weight excluding hydrogens is 234 g/mol. The molecule has 3 nitrogen and oxygen atoms in total. The van der Waals surface area contributed by atoms with Gasteiger partial charge in [0.15, 0.2) is 0 Å². The molecule has 1 aliphatic heterocycles. The summed E-state index contributed by atoms with van der Waals surface area (Å²) in [5.74, 6) is 1.03. The van der Waals surface area contributed by atoms with Crippen LogP contribution in [0.15, 0.2) is 29.3 Å². The fraction of sp³-hybridized carbons (Fsp3) is 0.385. The number of hydrogen-bond donors (Lipinski definition) is 0. The van der Waals surface area contributed by atoms with Gasteiger partial charge in [0.1, 0.15) is 0 Å². The topological polar surface area (TPSA) is 38.7 Å². The summed E-state index contributed by atoms with van der Waals surface area (Å²) in [7, 11) is 0. The van der Waals surface area contributed by atoms with E-state index in [4.69, 9.17) is 4.74 Å². The zero-order chi connectivity index (χ0) is 12.5. The van der Waals surface area contributed by atoms with Gasteiger partial charge in [0, 0.05) is 5.75 Å². The Hall–Kier alpha value is -1.29. The normalized spacial score (nSPS) is 17.1. The molecule has 0 saturated heterocycles. The molecule has 0 spiro atoms. The zero-order valence-corrected chi connectivity index (χ0v) is 11.0. The van der Waals surface area contributed by atoms with E-state index in [9.17, 15) is 4.79 Å². The first-order valence-corrected chi connectivity index (χ1v) is 6.83. The van der Waals surface area contributed by atoms with Crippen molar-refractivity contribution in [3.8, 4) is 0 Å². The molecule has 0 unspecified atom stereocenters. The van der Waals surface area contributed by atoms with Gasteiger partial charge in [-0.3, -0.25) is 0 Å². The molecule has 1 aromatic rings. The van der Waals surface area contributed by atoms with Crippen LogP contribution >= 0.6 is 11.8 Å². The van der Waals surface area contributed by atoms with Crippen LogP contribution in [0.3, 0.4) is 0 Å². The number of nitrogens with zero attached hydrogens (tertiary/aromatic N) is 1. The number of hydrogen-bond acceptors (Lipinski definition) is 4. The van der Waals surface area contributed by atoms with Crippen LogP contribution < -0.4 is 0 Å². The Kier molecular flexibility index (Phi) is 3.24. The van der Waals surface area contributed by atoms with E-state index >= 15 is 0 Å². The smallest absolute Gasteiger partial charge is 0.345 e. The standard InChI is InChI=1S/C13H15NO2S/c1-13(2,8-17-3)14-11-9-6-4-5-7-10(9)12(15)16-11/h4-7H,8H2,1-3H3/b14-11+. The fourth-order valence-corrected chi connectivity index (χ4v) is 2.56. The summed E-state index contributed by atoms with van der Waals surface area (Å²) in [5.41, 5.74) is 1.17. The molecule has 90 valence electrons. The summed E-state index contributed by atoms with van der Waals surface area (Å²) >= 11 is 1.73. The second kappa shape index (κ2) is 4.53. The number of ether oxygens (including phenoxy) is 1. The summed E-state index contributed by atoms with van der Waals surface area (Å²) in [6, 6.07) is 7.35. The third-order valence-corrected chi connectivity index (χ3v) is 3.46. The lowest BCUT2D eigenvalue weighted by molar-refractivity contribution is 0.0736. The quantitative estimate of drug-likeness (QED) is 0.773. The molecule has 17 heavy (non-hydrogen) atoms. The van der Waals surface area contributed by atoms with Gasteiger partial charge >= 0.3 is 5.97 Å². The molecule has 4 heteroatoms. The third kappa shape index (κ3) is 2.52. The average Bonchev–Trinajstić information content (AvgIpc) is 2.56. The van der Waals surface area contributed by atoms with Gasteiger partial charge in [-0.2, -0.15) is 11.8 Å². The van der Waals surface area contributed by atoms with E-state index in [-0.39, 0.29) is 11.5 Å². The lowest BCUT2D eigenvalue weighted by Crippen LogP contribution is -2.23. The number of cyclic esters (lactones) is 1. The Balaban J connectivity index is 2.37. The van der Waals surface area contributed by atoms with Crippen LogP contribution in [0.25, 0.3) is 0 Å². The monoisotopic (exact) mass is 249 g/mol. The van der Waals surface area contributed by atoms with Gasteiger partial charge in [0.25, 0.3) is 0 Å². The molecular formula is C13H15NO2S. The third-order valence-electron chi connectivity index (χ3n) is 2.47. The van der Waals surface area contributed by atoms with Crippen LogP contribution in [-0.4, -0.2) is 29.4 Å². The van der Waals surface area contributed by atoms with Crippen molar-refractivity contribution in [2.24, 2.45) is 4.99 Å². The van der Waals surface area contributed by atoms with E-state index in [1.807, 2.05) is 38.3 Å². The maximum absolute atomic E-state index is 11.6. The predicted molar refractivity (Wildman–Crippen MR) is 70.9 cm³/mol. The summed E-state index contributed by atoms with van der Waals surface area (Å²) in [4.78, 5) is 16.2. The van der Waals surface area contributed by atoms with Crippen molar-refractivity contribution < 1.29 is 9.53 Å². The minimum absolute atomic E-state index is 0.230. The molecule has 0 saturated carbocycles. The predicted octanol–water partition coefficient (Wildman–Crippen LogP) is 2.75. The van der Waals surface area contributed by atoms with Crippen LogP contribution in [-0.2, 0) is 4.74 Å². The second-order valence-corrected chi connectivity index (χ2v) is 5.46. The van der Waals surface area contributed by atoms with Gasteiger partial charge in [-0.15, -0.1) is 0 Å². The molecule has 0 radical (unpaired) electrons. The fourth-order valence-electron chi connectivity index (χ4n) is 1.79. The molecule has 0 atom stereocenters. The Labute approximate surface area is 105 Å². The van der Waals surface area contributed by atoms with Crippen molar-refractivity contribution in [2.75, 3.05) is 12.0 Å². The highest BCUT2D eigenvalue weighted by atomic mass is 32.2. The number of rotatable bonds is 3. The average molecular weight is 249 g/mol. The number of carbonyl (C=O) groups excluding carboxylic acids is 1. The van der Waals surface area contributed by atoms with E-state index in [0.717, 1.165) is 11.3 Å². The first-order valence-electron chi connectivity index (χ1n) is 5.44. The van der Waals surface area contributed by atoms with Crippen molar-refractivity contribution in [3.63, 3.8) is 0 Å². The summed E-state index contributed by atoms with van der Waals surface area (Å²) < 4.78 is 5.22. The molecule has 1 heterocycles. The van der Waals surface area contributed by atoms with E-state index in [2.05, 4.69) is 4.99 Å². The number of fused-ring (bicyclic) bond motifs is 1. The number of benzene rings is 1. The minimum atomic E-state index is -0.306. The minimum Gasteiger partial charge on any atom is -0.404 e. The van der Waals surface area contributed by atoms with E-state index in [1.54, 1.807) is 17.8 Å². The highest BCUT2D eigenvalue weighted by molar-refractivity contribution is 7.98. The summed E-state index contributed by atoms with van der Waals surface area (Å²) in [6.07, 6.45) is 2.04. The van der Waals surface area contributed by atoms with Crippen LogP contribution in [0.2, 0.25) is 0 Å². The molecule has 0 amide bonds. The lowest BCUT2D eigenvalue weighted by Gasteiger charge is -2.18.